The molecule has 3 aromatic rings. The second-order valence-corrected chi connectivity index (χ2v) is 8.76. The predicted octanol–water partition coefficient (Wildman–Crippen LogP) is 2.52. The molecule has 1 aromatic heterocycles. The lowest BCUT2D eigenvalue weighted by molar-refractivity contribution is -0.119. The Bertz CT molecular complexity index is 1160. The average molecular weight is 415 g/mol. The third kappa shape index (κ3) is 4.30. The van der Waals surface area contributed by atoms with Crippen LogP contribution in [0.4, 0.5) is 5.69 Å². The third-order valence-corrected chi connectivity index (χ3v) is 6.18. The molecule has 8 nitrogen and oxygen atoms in total. The minimum atomic E-state index is -3.54. The molecule has 0 aliphatic carbocycles. The summed E-state index contributed by atoms with van der Waals surface area (Å²) in [6, 6.07) is 13.1. The van der Waals surface area contributed by atoms with Crippen molar-refractivity contribution in [2.75, 3.05) is 26.0 Å². The molecule has 1 amide bonds. The van der Waals surface area contributed by atoms with Gasteiger partial charge in [-0.3, -0.25) is 4.79 Å². The van der Waals surface area contributed by atoms with Gasteiger partial charge in [0, 0.05) is 36.4 Å². The zero-order valence-corrected chi connectivity index (χ0v) is 17.0. The number of H-pyrrole nitrogens is 1. The number of hydrogen-bond acceptors (Lipinski definition) is 5. The molecule has 0 saturated heterocycles. The summed E-state index contributed by atoms with van der Waals surface area (Å²) in [7, 11) is -0.664. The highest BCUT2D eigenvalue weighted by Crippen LogP contribution is 2.22. The molecular formula is C20H21N3O5S. The Morgan fingerprint density at radius 2 is 1.72 bits per heavy atom. The van der Waals surface area contributed by atoms with Crippen molar-refractivity contribution < 1.29 is 22.7 Å². The molecule has 2 N–H and O–H groups in total. The van der Waals surface area contributed by atoms with Crippen molar-refractivity contribution in [2.24, 2.45) is 0 Å². The van der Waals surface area contributed by atoms with E-state index in [4.69, 9.17) is 4.74 Å². The molecular weight excluding hydrogens is 394 g/mol. The van der Waals surface area contributed by atoms with Crippen LogP contribution >= 0.6 is 0 Å². The number of rotatable bonds is 6. The number of carbonyl (C=O) groups is 2. The Labute approximate surface area is 168 Å². The molecule has 0 atom stereocenters. The number of benzene rings is 2. The summed E-state index contributed by atoms with van der Waals surface area (Å²) >= 11 is 0. The van der Waals surface area contributed by atoms with Gasteiger partial charge in [-0.1, -0.05) is 18.2 Å². The molecule has 9 heteroatoms. The van der Waals surface area contributed by atoms with Crippen molar-refractivity contribution in [2.45, 2.75) is 11.8 Å². The van der Waals surface area contributed by atoms with Crippen molar-refractivity contribution in [3.63, 3.8) is 0 Å². The van der Waals surface area contributed by atoms with Gasteiger partial charge in [0.05, 0.1) is 10.5 Å². The zero-order valence-electron chi connectivity index (χ0n) is 16.2. The summed E-state index contributed by atoms with van der Waals surface area (Å²) < 4.78 is 30.4. The fraction of sp³-hybridized carbons (Fsp3) is 0.200. The fourth-order valence-electron chi connectivity index (χ4n) is 2.86. The largest absolute Gasteiger partial charge is 0.452 e. The first-order chi connectivity index (χ1) is 13.7. The van der Waals surface area contributed by atoms with Gasteiger partial charge in [0.15, 0.2) is 6.61 Å². The van der Waals surface area contributed by atoms with Gasteiger partial charge in [0.25, 0.3) is 5.91 Å². The normalized spacial score (nSPS) is 11.6. The van der Waals surface area contributed by atoms with Crippen molar-refractivity contribution in [3.8, 4) is 0 Å². The van der Waals surface area contributed by atoms with E-state index in [-0.39, 0.29) is 4.90 Å². The number of nitrogens with zero attached hydrogens (tertiary/aromatic N) is 1. The van der Waals surface area contributed by atoms with E-state index in [9.17, 15) is 18.0 Å². The Hall–Kier alpha value is -3.17. The number of sulfonamides is 1. The number of amides is 1. The van der Waals surface area contributed by atoms with Crippen LogP contribution in [0, 0.1) is 6.92 Å². The van der Waals surface area contributed by atoms with Crippen LogP contribution in [0.1, 0.15) is 16.1 Å². The maximum Gasteiger partial charge on any atom is 0.341 e. The zero-order chi connectivity index (χ0) is 21.2. The van der Waals surface area contributed by atoms with Gasteiger partial charge in [-0.2, -0.15) is 0 Å². The van der Waals surface area contributed by atoms with E-state index in [1.165, 1.54) is 38.4 Å². The number of esters is 1. The van der Waals surface area contributed by atoms with Crippen molar-refractivity contribution >= 4 is 38.5 Å². The summed E-state index contributed by atoms with van der Waals surface area (Å²) in [5, 5.41) is 3.30. The summed E-state index contributed by atoms with van der Waals surface area (Å²) in [5.41, 5.74) is 2.27. The van der Waals surface area contributed by atoms with Crippen molar-refractivity contribution in [1.82, 2.24) is 9.29 Å². The molecule has 0 radical (unpaired) electrons. The molecule has 0 saturated carbocycles. The minimum absolute atomic E-state index is 0.113. The fourth-order valence-corrected chi connectivity index (χ4v) is 3.76. The van der Waals surface area contributed by atoms with E-state index >= 15 is 0 Å². The minimum Gasteiger partial charge on any atom is -0.452 e. The van der Waals surface area contributed by atoms with Gasteiger partial charge in [-0.15, -0.1) is 0 Å². The Morgan fingerprint density at radius 3 is 2.38 bits per heavy atom. The van der Waals surface area contributed by atoms with Gasteiger partial charge in [0.1, 0.15) is 0 Å². The molecule has 3 rings (SSSR count). The van der Waals surface area contributed by atoms with E-state index in [1.54, 1.807) is 13.0 Å². The maximum absolute atomic E-state index is 12.4. The number of para-hydroxylation sites is 1. The Morgan fingerprint density at radius 1 is 1.07 bits per heavy atom. The quantitative estimate of drug-likeness (QED) is 0.602. The predicted molar refractivity (Wildman–Crippen MR) is 109 cm³/mol. The lowest BCUT2D eigenvalue weighted by atomic mass is 10.1. The number of aryl methyl sites for hydroxylation is 1. The first-order valence-electron chi connectivity index (χ1n) is 8.77. The summed E-state index contributed by atoms with van der Waals surface area (Å²) in [5.74, 6) is -1.12. The third-order valence-electron chi connectivity index (χ3n) is 4.35. The molecule has 2 aromatic carbocycles. The van der Waals surface area contributed by atoms with Gasteiger partial charge in [-0.05, 0) is 37.3 Å². The van der Waals surface area contributed by atoms with E-state index in [0.29, 0.717) is 16.9 Å². The number of ether oxygens (including phenoxy) is 1. The SMILES string of the molecule is Cc1[nH]c2ccccc2c1C(=O)OCC(=O)Nc1ccc(S(=O)(=O)N(C)C)cc1. The molecule has 0 fully saturated rings. The van der Waals surface area contributed by atoms with Gasteiger partial charge in [0.2, 0.25) is 10.0 Å². The smallest absolute Gasteiger partial charge is 0.341 e. The van der Waals surface area contributed by atoms with Crippen LogP contribution in [0.5, 0.6) is 0 Å². The first-order valence-corrected chi connectivity index (χ1v) is 10.2. The number of aromatic nitrogens is 1. The van der Waals surface area contributed by atoms with Crippen LogP contribution in [-0.4, -0.2) is 50.3 Å². The highest BCUT2D eigenvalue weighted by Gasteiger charge is 2.19. The van der Waals surface area contributed by atoms with Crippen molar-refractivity contribution in [3.05, 3.63) is 59.8 Å². The van der Waals surface area contributed by atoms with Crippen LogP contribution in [0.3, 0.4) is 0 Å². The molecule has 0 aliphatic rings. The standard InChI is InChI=1S/C20H21N3O5S/c1-13-19(16-6-4-5-7-17(16)21-13)20(25)28-12-18(24)22-14-8-10-15(11-9-14)29(26,27)23(2)3/h4-11,21H,12H2,1-3H3,(H,22,24). The molecule has 0 spiro atoms. The number of fused-ring (bicyclic) bond motifs is 1. The Kier molecular flexibility index (Phi) is 5.71. The monoisotopic (exact) mass is 415 g/mol. The van der Waals surface area contributed by atoms with E-state index in [2.05, 4.69) is 10.3 Å². The Balaban J connectivity index is 1.63. The summed E-state index contributed by atoms with van der Waals surface area (Å²) in [4.78, 5) is 27.7. The number of carbonyl (C=O) groups excluding carboxylic acids is 2. The maximum atomic E-state index is 12.4. The molecule has 0 aliphatic heterocycles. The summed E-state index contributed by atoms with van der Waals surface area (Å²) in [6.45, 7) is 1.30. The second kappa shape index (κ2) is 8.06. The van der Waals surface area contributed by atoms with Crippen LogP contribution in [-0.2, 0) is 19.6 Å². The number of hydrogen-bond donors (Lipinski definition) is 2. The molecule has 1 heterocycles. The lowest BCUT2D eigenvalue weighted by Crippen LogP contribution is -2.22. The average Bonchev–Trinajstić information content (AvgIpc) is 3.02. The van der Waals surface area contributed by atoms with Crippen LogP contribution in [0.15, 0.2) is 53.4 Å². The number of anilines is 1. The highest BCUT2D eigenvalue weighted by atomic mass is 32.2. The highest BCUT2D eigenvalue weighted by molar-refractivity contribution is 7.89. The van der Waals surface area contributed by atoms with Crippen LogP contribution in [0.25, 0.3) is 10.9 Å². The lowest BCUT2D eigenvalue weighted by Gasteiger charge is -2.12. The van der Waals surface area contributed by atoms with E-state index in [1.807, 2.05) is 18.2 Å². The molecule has 29 heavy (non-hydrogen) atoms. The van der Waals surface area contributed by atoms with E-state index in [0.717, 1.165) is 15.2 Å². The first kappa shape index (κ1) is 20.6. The molecule has 0 bridgehead atoms. The molecule has 152 valence electrons. The van der Waals surface area contributed by atoms with Crippen LogP contribution < -0.4 is 5.32 Å². The van der Waals surface area contributed by atoms with Gasteiger partial charge >= 0.3 is 5.97 Å². The van der Waals surface area contributed by atoms with Crippen LogP contribution in [0.2, 0.25) is 0 Å². The van der Waals surface area contributed by atoms with E-state index < -0.39 is 28.5 Å². The number of aromatic amines is 1. The second-order valence-electron chi connectivity index (χ2n) is 6.61. The van der Waals surface area contributed by atoms with Crippen molar-refractivity contribution in [1.29, 1.82) is 0 Å². The van der Waals surface area contributed by atoms with Gasteiger partial charge < -0.3 is 15.0 Å². The van der Waals surface area contributed by atoms with Gasteiger partial charge in [-0.25, -0.2) is 17.5 Å². The summed E-state index contributed by atoms with van der Waals surface area (Å²) in [6.07, 6.45) is 0. The number of nitrogens with one attached hydrogen (secondary N) is 2. The topological polar surface area (TPSA) is 109 Å². The molecule has 0 unspecified atom stereocenters.